The van der Waals surface area contributed by atoms with Crippen LogP contribution in [0.5, 0.6) is 0 Å². The Bertz CT molecular complexity index is 316. The van der Waals surface area contributed by atoms with E-state index in [1.165, 1.54) is 51.6 Å². The third kappa shape index (κ3) is 4.01. The van der Waals surface area contributed by atoms with Crippen molar-refractivity contribution in [1.29, 1.82) is 0 Å². The van der Waals surface area contributed by atoms with Gasteiger partial charge in [0.05, 0.1) is 0 Å². The fraction of sp³-hybridized carbons (Fsp3) is 1.00. The van der Waals surface area contributed by atoms with E-state index in [4.69, 9.17) is 5.73 Å². The summed E-state index contributed by atoms with van der Waals surface area (Å²) in [4.78, 5) is 2.74. The number of hydrogen-bond donors (Lipinski definition) is 1. The van der Waals surface area contributed by atoms with Gasteiger partial charge in [-0.25, -0.2) is 0 Å². The average molecular weight is 295 g/mol. The lowest BCUT2D eigenvalue weighted by molar-refractivity contribution is 0.0357. The number of likely N-dealkylation sites (tertiary alicyclic amines) is 1. The highest BCUT2D eigenvalue weighted by molar-refractivity contribution is 4.94. The van der Waals surface area contributed by atoms with Gasteiger partial charge in [-0.1, -0.05) is 41.0 Å². The van der Waals surface area contributed by atoms with Gasteiger partial charge in [0.2, 0.25) is 0 Å². The Hall–Kier alpha value is -0.0800. The van der Waals surface area contributed by atoms with Gasteiger partial charge in [-0.05, 0) is 68.4 Å². The molecule has 21 heavy (non-hydrogen) atoms. The summed E-state index contributed by atoms with van der Waals surface area (Å²) in [5.41, 5.74) is 6.99. The smallest absolute Gasteiger partial charge is 0.0250 e. The molecule has 2 N–H and O–H groups in total. The van der Waals surface area contributed by atoms with Gasteiger partial charge in [0.1, 0.15) is 0 Å². The maximum absolute atomic E-state index is 6.51. The van der Waals surface area contributed by atoms with Crippen molar-refractivity contribution in [1.82, 2.24) is 4.90 Å². The van der Waals surface area contributed by atoms with Gasteiger partial charge < -0.3 is 5.73 Å². The molecule has 2 nitrogen and oxygen atoms in total. The maximum atomic E-state index is 6.51. The minimum absolute atomic E-state index is 0.407. The third-order valence-electron chi connectivity index (χ3n) is 6.87. The first-order valence-electron chi connectivity index (χ1n) is 9.34. The Morgan fingerprint density at radius 3 is 2.24 bits per heavy atom. The monoisotopic (exact) mass is 294 g/mol. The second-order valence-corrected chi connectivity index (χ2v) is 8.70. The van der Waals surface area contributed by atoms with Crippen molar-refractivity contribution >= 4 is 0 Å². The van der Waals surface area contributed by atoms with Crippen LogP contribution in [0.15, 0.2) is 0 Å². The van der Waals surface area contributed by atoms with Gasteiger partial charge in [0.25, 0.3) is 0 Å². The van der Waals surface area contributed by atoms with E-state index in [0.717, 1.165) is 17.8 Å². The van der Waals surface area contributed by atoms with Gasteiger partial charge in [0.15, 0.2) is 0 Å². The zero-order valence-corrected chi connectivity index (χ0v) is 15.1. The second-order valence-electron chi connectivity index (χ2n) is 8.70. The summed E-state index contributed by atoms with van der Waals surface area (Å²) in [6, 6.07) is 1.05. The summed E-state index contributed by atoms with van der Waals surface area (Å²) in [5, 5.41) is 0. The molecule has 2 heteroatoms. The Labute approximate surface area is 132 Å². The molecule has 0 aromatic rings. The van der Waals surface area contributed by atoms with Crippen molar-refractivity contribution in [3.63, 3.8) is 0 Å². The van der Waals surface area contributed by atoms with E-state index in [1.54, 1.807) is 0 Å². The molecule has 1 aliphatic heterocycles. The summed E-state index contributed by atoms with van der Waals surface area (Å²) in [5.74, 6) is 2.64. The molecular weight excluding hydrogens is 256 g/mol. The van der Waals surface area contributed by atoms with Gasteiger partial charge in [-0.15, -0.1) is 0 Å². The van der Waals surface area contributed by atoms with Crippen LogP contribution in [0.4, 0.5) is 0 Å². The summed E-state index contributed by atoms with van der Waals surface area (Å²) in [6.07, 6.45) is 7.93. The van der Waals surface area contributed by atoms with E-state index < -0.39 is 0 Å². The first kappa shape index (κ1) is 17.3. The number of rotatable bonds is 4. The van der Waals surface area contributed by atoms with Crippen LogP contribution < -0.4 is 5.73 Å². The molecule has 2 rings (SSSR count). The van der Waals surface area contributed by atoms with Gasteiger partial charge in [-0.2, -0.15) is 0 Å². The van der Waals surface area contributed by atoms with Crippen LogP contribution in [0.2, 0.25) is 0 Å². The van der Waals surface area contributed by atoms with Crippen molar-refractivity contribution in [2.45, 2.75) is 85.2 Å². The molecule has 0 amide bonds. The van der Waals surface area contributed by atoms with Crippen molar-refractivity contribution in [3.8, 4) is 0 Å². The SMILES string of the molecule is CCC(C)(C)C1CCC(N)C(N2CCC(C(C)C)CC2)C1. The molecule has 3 atom stereocenters. The van der Waals surface area contributed by atoms with E-state index >= 15 is 0 Å². The van der Waals surface area contributed by atoms with Crippen molar-refractivity contribution < 1.29 is 0 Å². The van der Waals surface area contributed by atoms with E-state index in [0.29, 0.717) is 17.5 Å². The van der Waals surface area contributed by atoms with Crippen molar-refractivity contribution in [2.24, 2.45) is 28.9 Å². The van der Waals surface area contributed by atoms with Gasteiger partial charge >= 0.3 is 0 Å². The number of piperidine rings is 1. The first-order valence-corrected chi connectivity index (χ1v) is 9.34. The van der Waals surface area contributed by atoms with Crippen LogP contribution in [0.3, 0.4) is 0 Å². The van der Waals surface area contributed by atoms with E-state index in [1.807, 2.05) is 0 Å². The Morgan fingerprint density at radius 1 is 1.10 bits per heavy atom. The molecule has 0 radical (unpaired) electrons. The highest BCUT2D eigenvalue weighted by Crippen LogP contribution is 2.42. The van der Waals surface area contributed by atoms with E-state index in [-0.39, 0.29) is 0 Å². The van der Waals surface area contributed by atoms with Gasteiger partial charge in [-0.3, -0.25) is 4.90 Å². The standard InChI is InChI=1S/C19H38N2/c1-6-19(4,5)16-7-8-17(20)18(13-16)21-11-9-15(10-12-21)14(2)3/h14-18H,6-13,20H2,1-5H3. The lowest BCUT2D eigenvalue weighted by atomic mass is 9.67. The molecule has 124 valence electrons. The summed E-state index contributed by atoms with van der Waals surface area (Å²) in [7, 11) is 0. The molecule has 2 aliphatic rings. The number of hydrogen-bond acceptors (Lipinski definition) is 2. The molecule has 0 aromatic heterocycles. The summed E-state index contributed by atoms with van der Waals surface area (Å²) < 4.78 is 0. The summed E-state index contributed by atoms with van der Waals surface area (Å²) in [6.45, 7) is 14.6. The Kier molecular flexibility index (Phi) is 5.76. The second kappa shape index (κ2) is 7.00. The third-order valence-corrected chi connectivity index (χ3v) is 6.87. The normalized spacial score (nSPS) is 33.6. The maximum Gasteiger partial charge on any atom is 0.0250 e. The fourth-order valence-electron chi connectivity index (χ4n) is 4.51. The summed E-state index contributed by atoms with van der Waals surface area (Å²) >= 11 is 0. The number of nitrogens with two attached hydrogens (primary N) is 1. The van der Waals surface area contributed by atoms with Crippen LogP contribution in [-0.4, -0.2) is 30.1 Å². The lowest BCUT2D eigenvalue weighted by Gasteiger charge is -2.48. The molecule has 0 spiro atoms. The minimum atomic E-state index is 0.407. The average Bonchev–Trinajstić information content (AvgIpc) is 2.47. The quantitative estimate of drug-likeness (QED) is 0.838. The fourth-order valence-corrected chi connectivity index (χ4v) is 4.51. The van der Waals surface area contributed by atoms with Crippen molar-refractivity contribution in [2.75, 3.05) is 13.1 Å². The Balaban J connectivity index is 1.95. The predicted molar refractivity (Wildman–Crippen MR) is 92.3 cm³/mol. The molecular formula is C19H38N2. The highest BCUT2D eigenvalue weighted by atomic mass is 15.2. The molecule has 1 saturated heterocycles. The van der Waals surface area contributed by atoms with E-state index in [2.05, 4.69) is 39.5 Å². The van der Waals surface area contributed by atoms with Gasteiger partial charge in [0, 0.05) is 12.1 Å². The van der Waals surface area contributed by atoms with Crippen molar-refractivity contribution in [3.05, 3.63) is 0 Å². The van der Waals surface area contributed by atoms with Crippen LogP contribution in [0, 0.1) is 23.2 Å². The topological polar surface area (TPSA) is 29.3 Å². The highest BCUT2D eigenvalue weighted by Gasteiger charge is 2.39. The number of nitrogens with zero attached hydrogens (tertiary/aromatic N) is 1. The van der Waals surface area contributed by atoms with Crippen LogP contribution in [0.1, 0.15) is 73.1 Å². The predicted octanol–water partition coefficient (Wildman–Crippen LogP) is 4.29. The van der Waals surface area contributed by atoms with E-state index in [9.17, 15) is 0 Å². The molecule has 3 unspecified atom stereocenters. The molecule has 1 saturated carbocycles. The molecule has 0 bridgehead atoms. The first-order chi connectivity index (χ1) is 9.85. The minimum Gasteiger partial charge on any atom is -0.326 e. The van der Waals surface area contributed by atoms with Crippen LogP contribution >= 0.6 is 0 Å². The Morgan fingerprint density at radius 2 is 1.71 bits per heavy atom. The molecule has 1 aliphatic carbocycles. The van der Waals surface area contributed by atoms with Crippen LogP contribution in [0.25, 0.3) is 0 Å². The molecule has 2 fully saturated rings. The lowest BCUT2D eigenvalue weighted by Crippen LogP contribution is -2.54. The zero-order valence-electron chi connectivity index (χ0n) is 15.1. The largest absolute Gasteiger partial charge is 0.326 e. The van der Waals surface area contributed by atoms with Crippen LogP contribution in [-0.2, 0) is 0 Å². The zero-order chi connectivity index (χ0) is 15.6. The molecule has 1 heterocycles. The molecule has 0 aromatic carbocycles.